The van der Waals surface area contributed by atoms with Crippen LogP contribution in [0.3, 0.4) is 0 Å². The van der Waals surface area contributed by atoms with Crippen LogP contribution in [-0.4, -0.2) is 4.57 Å². The molecule has 0 aliphatic rings. The van der Waals surface area contributed by atoms with Gasteiger partial charge in [-0.25, -0.2) is 8.78 Å². The van der Waals surface area contributed by atoms with Crippen LogP contribution in [0.15, 0.2) is 23.1 Å². The van der Waals surface area contributed by atoms with Crippen LogP contribution < -0.4 is 5.43 Å². The zero-order chi connectivity index (χ0) is 15.6. The van der Waals surface area contributed by atoms with Gasteiger partial charge < -0.3 is 4.57 Å². The lowest BCUT2D eigenvalue weighted by molar-refractivity contribution is 0.423. The highest BCUT2D eigenvalue weighted by Crippen LogP contribution is 2.20. The number of aromatic nitrogens is 1. The Labute approximate surface area is 121 Å². The molecule has 1 aromatic carbocycles. The minimum absolute atomic E-state index is 0.0407. The van der Waals surface area contributed by atoms with Gasteiger partial charge in [-0.1, -0.05) is 26.7 Å². The van der Waals surface area contributed by atoms with Crippen molar-refractivity contribution in [3.63, 3.8) is 0 Å². The maximum atomic E-state index is 13.5. The Morgan fingerprint density at radius 3 is 2.43 bits per heavy atom. The first kappa shape index (κ1) is 15.2. The van der Waals surface area contributed by atoms with Crippen molar-refractivity contribution in [3.8, 4) is 6.07 Å². The molecule has 0 saturated carbocycles. The van der Waals surface area contributed by atoms with Crippen LogP contribution in [0.5, 0.6) is 0 Å². The third-order valence-electron chi connectivity index (χ3n) is 3.85. The Balaban J connectivity index is 2.74. The summed E-state index contributed by atoms with van der Waals surface area (Å²) in [5.41, 5.74) is -0.295. The number of hydrogen-bond donors (Lipinski definition) is 0. The monoisotopic (exact) mass is 290 g/mol. The van der Waals surface area contributed by atoms with Crippen LogP contribution in [0, 0.1) is 28.9 Å². The number of nitriles is 1. The van der Waals surface area contributed by atoms with Crippen molar-refractivity contribution in [2.24, 2.45) is 5.92 Å². The quantitative estimate of drug-likeness (QED) is 0.864. The molecule has 1 aromatic heterocycles. The fraction of sp³-hybridized carbons (Fsp3) is 0.375. The fourth-order valence-electron chi connectivity index (χ4n) is 2.44. The molecule has 0 radical (unpaired) electrons. The second kappa shape index (κ2) is 6.04. The van der Waals surface area contributed by atoms with E-state index in [9.17, 15) is 13.6 Å². The lowest BCUT2D eigenvalue weighted by Gasteiger charge is -2.17. The summed E-state index contributed by atoms with van der Waals surface area (Å²) in [6.07, 6.45) is 3.28. The average Bonchev–Trinajstić information content (AvgIpc) is 2.49. The minimum atomic E-state index is -1.08. The molecule has 110 valence electrons. The summed E-state index contributed by atoms with van der Waals surface area (Å²) in [7, 11) is 0. The zero-order valence-electron chi connectivity index (χ0n) is 12.0. The normalized spacial score (nSPS) is 11.0. The maximum Gasteiger partial charge on any atom is 0.207 e. The summed E-state index contributed by atoms with van der Waals surface area (Å²) in [5, 5.41) is 9.08. The van der Waals surface area contributed by atoms with Gasteiger partial charge in [0.15, 0.2) is 11.6 Å². The zero-order valence-corrected chi connectivity index (χ0v) is 12.0. The first-order chi connectivity index (χ1) is 10.0. The van der Waals surface area contributed by atoms with Gasteiger partial charge >= 0.3 is 0 Å². The molecular formula is C16H16F2N2O. The second-order valence-electron chi connectivity index (χ2n) is 5.10. The van der Waals surface area contributed by atoms with E-state index in [1.54, 1.807) is 4.57 Å². The number of halogens is 2. The fourth-order valence-corrected chi connectivity index (χ4v) is 2.44. The van der Waals surface area contributed by atoms with E-state index >= 15 is 0 Å². The van der Waals surface area contributed by atoms with Crippen molar-refractivity contribution in [2.75, 3.05) is 0 Å². The van der Waals surface area contributed by atoms with Crippen molar-refractivity contribution in [1.29, 1.82) is 5.26 Å². The smallest absolute Gasteiger partial charge is 0.207 e. The van der Waals surface area contributed by atoms with Crippen LogP contribution in [0.1, 0.15) is 32.3 Å². The molecular weight excluding hydrogens is 274 g/mol. The Morgan fingerprint density at radius 2 is 1.86 bits per heavy atom. The molecule has 1 heterocycles. The molecule has 0 unspecified atom stereocenters. The highest BCUT2D eigenvalue weighted by atomic mass is 19.2. The topological polar surface area (TPSA) is 45.8 Å². The number of benzene rings is 1. The van der Waals surface area contributed by atoms with Crippen molar-refractivity contribution < 1.29 is 8.78 Å². The predicted molar refractivity (Wildman–Crippen MR) is 76.9 cm³/mol. The molecule has 0 bridgehead atoms. The van der Waals surface area contributed by atoms with Gasteiger partial charge in [0, 0.05) is 18.8 Å². The lowest BCUT2D eigenvalue weighted by atomic mass is 10.0. The molecule has 2 aromatic rings. The van der Waals surface area contributed by atoms with E-state index in [1.807, 2.05) is 19.9 Å². The van der Waals surface area contributed by atoms with E-state index in [0.29, 0.717) is 18.0 Å². The molecule has 0 atom stereocenters. The van der Waals surface area contributed by atoms with Crippen molar-refractivity contribution in [1.82, 2.24) is 4.57 Å². The predicted octanol–water partition coefficient (Wildman–Crippen LogP) is 3.59. The Kier molecular flexibility index (Phi) is 4.37. The van der Waals surface area contributed by atoms with E-state index in [2.05, 4.69) is 0 Å². The summed E-state index contributed by atoms with van der Waals surface area (Å²) in [4.78, 5) is 12.1. The van der Waals surface area contributed by atoms with Gasteiger partial charge in [-0.3, -0.25) is 4.79 Å². The second-order valence-corrected chi connectivity index (χ2v) is 5.10. The van der Waals surface area contributed by atoms with Crippen molar-refractivity contribution >= 4 is 10.9 Å². The van der Waals surface area contributed by atoms with E-state index in [1.165, 1.54) is 6.20 Å². The Bertz CT molecular complexity index is 770. The van der Waals surface area contributed by atoms with Gasteiger partial charge in [-0.2, -0.15) is 5.26 Å². The Morgan fingerprint density at radius 1 is 1.24 bits per heavy atom. The van der Waals surface area contributed by atoms with Gasteiger partial charge in [0.1, 0.15) is 11.6 Å². The summed E-state index contributed by atoms with van der Waals surface area (Å²) in [6, 6.07) is 3.72. The Hall–Kier alpha value is -2.22. The summed E-state index contributed by atoms with van der Waals surface area (Å²) < 4.78 is 28.5. The average molecular weight is 290 g/mol. The maximum absolute atomic E-state index is 13.5. The first-order valence-corrected chi connectivity index (χ1v) is 6.94. The van der Waals surface area contributed by atoms with Crippen molar-refractivity contribution in [2.45, 2.75) is 33.2 Å². The van der Waals surface area contributed by atoms with Crippen LogP contribution in [0.25, 0.3) is 10.9 Å². The first-order valence-electron chi connectivity index (χ1n) is 6.94. The molecule has 0 saturated heterocycles. The molecule has 0 amide bonds. The van der Waals surface area contributed by atoms with Gasteiger partial charge in [-0.05, 0) is 12.0 Å². The standard InChI is InChI=1S/C16H16F2N2O/c1-3-10(4-2)8-20-9-11(7-19)16(21)12-5-13(17)14(18)6-15(12)20/h5-6,9-10H,3-4,8H2,1-2H3. The number of fused-ring (bicyclic) bond motifs is 1. The van der Waals surface area contributed by atoms with Gasteiger partial charge in [0.05, 0.1) is 10.9 Å². The van der Waals surface area contributed by atoms with E-state index in [-0.39, 0.29) is 10.9 Å². The third kappa shape index (κ3) is 2.80. The number of hydrogen-bond acceptors (Lipinski definition) is 2. The van der Waals surface area contributed by atoms with Gasteiger partial charge in [-0.15, -0.1) is 0 Å². The number of nitrogens with zero attached hydrogens (tertiary/aromatic N) is 2. The molecule has 0 N–H and O–H groups in total. The molecule has 0 aliphatic carbocycles. The minimum Gasteiger partial charge on any atom is -0.346 e. The molecule has 21 heavy (non-hydrogen) atoms. The van der Waals surface area contributed by atoms with Crippen LogP contribution >= 0.6 is 0 Å². The number of pyridine rings is 1. The van der Waals surface area contributed by atoms with Crippen molar-refractivity contribution in [3.05, 3.63) is 45.8 Å². The van der Waals surface area contributed by atoms with E-state index < -0.39 is 17.1 Å². The molecule has 0 spiro atoms. The van der Waals surface area contributed by atoms with E-state index in [4.69, 9.17) is 5.26 Å². The lowest BCUT2D eigenvalue weighted by Crippen LogP contribution is -2.17. The van der Waals surface area contributed by atoms with E-state index in [0.717, 1.165) is 25.0 Å². The third-order valence-corrected chi connectivity index (χ3v) is 3.85. The van der Waals surface area contributed by atoms with Crippen LogP contribution in [0.4, 0.5) is 8.78 Å². The summed E-state index contributed by atoms with van der Waals surface area (Å²) >= 11 is 0. The molecule has 2 rings (SSSR count). The van der Waals surface area contributed by atoms with Crippen LogP contribution in [-0.2, 0) is 6.54 Å². The van der Waals surface area contributed by atoms with Crippen LogP contribution in [0.2, 0.25) is 0 Å². The molecule has 3 nitrogen and oxygen atoms in total. The molecule has 5 heteroatoms. The van der Waals surface area contributed by atoms with Gasteiger partial charge in [0.25, 0.3) is 0 Å². The molecule has 0 aliphatic heterocycles. The summed E-state index contributed by atoms with van der Waals surface area (Å²) in [5.74, 6) is -1.73. The largest absolute Gasteiger partial charge is 0.346 e. The van der Waals surface area contributed by atoms with Gasteiger partial charge in [0.2, 0.25) is 5.43 Å². The highest BCUT2D eigenvalue weighted by Gasteiger charge is 2.14. The molecule has 0 fully saturated rings. The number of rotatable bonds is 4. The summed E-state index contributed by atoms with van der Waals surface area (Å²) in [6.45, 7) is 4.65. The SMILES string of the molecule is CCC(CC)Cn1cc(C#N)c(=O)c2cc(F)c(F)cc21. The highest BCUT2D eigenvalue weighted by molar-refractivity contribution is 5.80.